The summed E-state index contributed by atoms with van der Waals surface area (Å²) >= 11 is 7.25. The molecular weight excluding hydrogens is 583 g/mol. The Balaban J connectivity index is 1.21. The van der Waals surface area contributed by atoms with Crippen molar-refractivity contribution in [1.82, 2.24) is 9.27 Å². The lowest BCUT2D eigenvalue weighted by atomic mass is 9.87. The molecule has 5 rings (SSSR count). The summed E-state index contributed by atoms with van der Waals surface area (Å²) in [7, 11) is 0. The van der Waals surface area contributed by atoms with Gasteiger partial charge in [-0.1, -0.05) is 17.7 Å². The van der Waals surface area contributed by atoms with Gasteiger partial charge in [-0.15, -0.1) is 0 Å². The summed E-state index contributed by atoms with van der Waals surface area (Å²) in [6.45, 7) is -0.0328. The van der Waals surface area contributed by atoms with Gasteiger partial charge in [0.2, 0.25) is 5.91 Å². The fraction of sp³-hybridized carbons (Fsp3) is 0.429. The molecule has 2 amide bonds. The lowest BCUT2D eigenvalue weighted by molar-refractivity contribution is -0.144. The maximum absolute atomic E-state index is 15.0. The van der Waals surface area contributed by atoms with E-state index in [0.717, 1.165) is 17.6 Å². The van der Waals surface area contributed by atoms with Gasteiger partial charge < -0.3 is 20.1 Å². The minimum Gasteiger partial charge on any atom is -0.481 e. The maximum Gasteiger partial charge on any atom is 0.306 e. The third kappa shape index (κ3) is 6.49. The van der Waals surface area contributed by atoms with Crippen LogP contribution in [0.4, 0.5) is 18.9 Å². The number of fused-ring (bicyclic) bond motifs is 1. The summed E-state index contributed by atoms with van der Waals surface area (Å²) < 4.78 is 54.0. The average molecular weight is 610 g/mol. The van der Waals surface area contributed by atoms with Crippen LogP contribution in [0.5, 0.6) is 0 Å². The number of carboxylic acid groups (broad SMARTS) is 1. The van der Waals surface area contributed by atoms with Crippen LogP contribution >= 0.6 is 23.1 Å². The molecule has 41 heavy (non-hydrogen) atoms. The Morgan fingerprint density at radius 1 is 1.15 bits per heavy atom. The Hall–Kier alpha value is -3.22. The van der Waals surface area contributed by atoms with Gasteiger partial charge in [-0.2, -0.15) is 4.37 Å². The Morgan fingerprint density at radius 2 is 1.90 bits per heavy atom. The summed E-state index contributed by atoms with van der Waals surface area (Å²) in [4.78, 5) is 38.4. The maximum atomic E-state index is 15.0. The number of anilines is 1. The molecule has 2 N–H and O–H groups in total. The molecule has 0 bridgehead atoms. The van der Waals surface area contributed by atoms with Gasteiger partial charge in [0.05, 0.1) is 58.4 Å². The molecule has 0 unspecified atom stereocenters. The molecule has 2 fully saturated rings. The highest BCUT2D eigenvalue weighted by atomic mass is 35.5. The number of hydrogen-bond donors (Lipinski definition) is 2. The van der Waals surface area contributed by atoms with Crippen molar-refractivity contribution in [2.45, 2.75) is 56.8 Å². The highest BCUT2D eigenvalue weighted by Crippen LogP contribution is 2.31. The molecule has 1 aliphatic heterocycles. The van der Waals surface area contributed by atoms with E-state index in [2.05, 4.69) is 9.69 Å². The molecule has 3 aromatic rings. The van der Waals surface area contributed by atoms with Gasteiger partial charge in [-0.25, -0.2) is 13.2 Å². The number of carbonyl (C=O) groups is 3. The van der Waals surface area contributed by atoms with E-state index < -0.39 is 41.6 Å². The number of nitrogens with zero attached hydrogens (tertiary/aromatic N) is 2. The van der Waals surface area contributed by atoms with Crippen molar-refractivity contribution >= 4 is 56.7 Å². The molecule has 1 saturated carbocycles. The standard InChI is InChI=1S/C28H27ClF3N3O5S/c29-19-8-15(21(32)11-22(19)33-27(37)26-25-20(31)2-1-3-23(25)41-34-26)9-24(36)35-12-16(30)10-17(35)13-40-18-6-4-14(5-7-18)28(38)39/h1-3,8,11,14,16-18H,4-7,9-10,12-13H2,(H,33,37)(H,38,39)/t14-,16-,17-,18-/m0/s1. The second kappa shape index (κ2) is 12.3. The molecule has 2 atom stereocenters. The van der Waals surface area contributed by atoms with Crippen LogP contribution in [0.3, 0.4) is 0 Å². The molecule has 1 aliphatic carbocycles. The van der Waals surface area contributed by atoms with E-state index >= 15 is 4.39 Å². The molecule has 1 saturated heterocycles. The highest BCUT2D eigenvalue weighted by Gasteiger charge is 2.37. The Labute approximate surface area is 242 Å². The van der Waals surface area contributed by atoms with Crippen LogP contribution in [0.15, 0.2) is 30.3 Å². The van der Waals surface area contributed by atoms with Crippen molar-refractivity contribution in [3.63, 3.8) is 0 Å². The largest absolute Gasteiger partial charge is 0.481 e. The number of aliphatic carboxylic acids is 1. The summed E-state index contributed by atoms with van der Waals surface area (Å²) in [5.74, 6) is -3.87. The zero-order valence-corrected chi connectivity index (χ0v) is 23.3. The van der Waals surface area contributed by atoms with Crippen LogP contribution in [0.25, 0.3) is 10.1 Å². The fourth-order valence-electron chi connectivity index (χ4n) is 5.42. The second-order valence-corrected chi connectivity index (χ2v) is 11.6. The summed E-state index contributed by atoms with van der Waals surface area (Å²) in [5.41, 5.74) is -0.259. The predicted molar refractivity (Wildman–Crippen MR) is 147 cm³/mol. The van der Waals surface area contributed by atoms with E-state index in [1.807, 2.05) is 0 Å². The van der Waals surface area contributed by atoms with E-state index in [-0.39, 0.29) is 65.4 Å². The number of aromatic nitrogens is 1. The Kier molecular flexibility index (Phi) is 8.81. The third-order valence-electron chi connectivity index (χ3n) is 7.62. The number of likely N-dealkylation sites (tertiary alicyclic amines) is 1. The lowest BCUT2D eigenvalue weighted by Gasteiger charge is -2.30. The number of hydrogen-bond acceptors (Lipinski definition) is 6. The molecule has 1 aromatic heterocycles. The quantitative estimate of drug-likeness (QED) is 0.343. The van der Waals surface area contributed by atoms with E-state index in [1.54, 1.807) is 6.07 Å². The Morgan fingerprint density at radius 3 is 2.63 bits per heavy atom. The van der Waals surface area contributed by atoms with Crippen molar-refractivity contribution in [3.05, 3.63) is 58.2 Å². The molecule has 2 aliphatic rings. The van der Waals surface area contributed by atoms with Crippen LogP contribution in [0.2, 0.25) is 5.02 Å². The zero-order chi connectivity index (χ0) is 29.3. The topological polar surface area (TPSA) is 109 Å². The molecule has 2 heterocycles. The summed E-state index contributed by atoms with van der Waals surface area (Å²) in [5, 5.41) is 11.6. The number of ether oxygens (including phenoxy) is 1. The first-order chi connectivity index (χ1) is 19.6. The van der Waals surface area contributed by atoms with E-state index in [9.17, 15) is 23.2 Å². The predicted octanol–water partition coefficient (Wildman–Crippen LogP) is 5.62. The molecular formula is C28H27ClF3N3O5S. The van der Waals surface area contributed by atoms with Crippen LogP contribution in [0, 0.1) is 17.6 Å². The van der Waals surface area contributed by atoms with Crippen molar-refractivity contribution in [3.8, 4) is 0 Å². The van der Waals surface area contributed by atoms with Crippen molar-refractivity contribution in [2.24, 2.45) is 5.92 Å². The number of amides is 2. The van der Waals surface area contributed by atoms with Crippen molar-refractivity contribution in [2.75, 3.05) is 18.5 Å². The summed E-state index contributed by atoms with van der Waals surface area (Å²) in [6.07, 6.45) is 0.491. The number of alkyl halides is 1. The lowest BCUT2D eigenvalue weighted by Crippen LogP contribution is -2.40. The van der Waals surface area contributed by atoms with Gasteiger partial charge in [0, 0.05) is 6.42 Å². The SMILES string of the molecule is O=C(Nc1cc(F)c(CC(=O)N2C[C@@H](F)C[C@H]2CO[C@H]2CC[C@H](C(=O)O)CC2)cc1Cl)c1nsc2cccc(F)c12. The van der Waals surface area contributed by atoms with Gasteiger partial charge in [0.15, 0.2) is 5.69 Å². The van der Waals surface area contributed by atoms with Gasteiger partial charge in [-0.3, -0.25) is 14.4 Å². The third-order valence-corrected chi connectivity index (χ3v) is 8.74. The average Bonchev–Trinajstić information content (AvgIpc) is 3.55. The van der Waals surface area contributed by atoms with Gasteiger partial charge >= 0.3 is 5.97 Å². The second-order valence-electron chi connectivity index (χ2n) is 10.4. The Bertz CT molecular complexity index is 1480. The normalized spacial score (nSPS) is 22.7. The first-order valence-corrected chi connectivity index (χ1v) is 14.4. The summed E-state index contributed by atoms with van der Waals surface area (Å²) in [6, 6.07) is 6.01. The molecule has 13 heteroatoms. The number of benzene rings is 2. The van der Waals surface area contributed by atoms with Gasteiger partial charge in [0.1, 0.15) is 17.8 Å². The number of nitrogens with one attached hydrogen (secondary N) is 1. The minimum absolute atomic E-state index is 0.0304. The van der Waals surface area contributed by atoms with Crippen LogP contribution < -0.4 is 5.32 Å². The molecule has 0 radical (unpaired) electrons. The molecule has 8 nitrogen and oxygen atoms in total. The fourth-order valence-corrected chi connectivity index (χ4v) is 6.44. The van der Waals surface area contributed by atoms with Crippen LogP contribution in [-0.4, -0.2) is 63.6 Å². The van der Waals surface area contributed by atoms with Crippen molar-refractivity contribution < 1.29 is 37.4 Å². The number of rotatable bonds is 8. The molecule has 0 spiro atoms. The van der Waals surface area contributed by atoms with Crippen molar-refractivity contribution in [1.29, 1.82) is 0 Å². The monoisotopic (exact) mass is 609 g/mol. The number of carbonyl (C=O) groups excluding carboxylic acids is 2. The minimum atomic E-state index is -1.24. The van der Waals surface area contributed by atoms with Gasteiger partial charge in [0.25, 0.3) is 5.91 Å². The van der Waals surface area contributed by atoms with E-state index in [0.29, 0.717) is 30.4 Å². The number of carboxylic acids is 1. The van der Waals surface area contributed by atoms with E-state index in [4.69, 9.17) is 21.4 Å². The van der Waals surface area contributed by atoms with E-state index in [1.165, 1.54) is 23.1 Å². The first-order valence-electron chi connectivity index (χ1n) is 13.2. The number of halogens is 4. The zero-order valence-electron chi connectivity index (χ0n) is 21.7. The smallest absolute Gasteiger partial charge is 0.306 e. The van der Waals surface area contributed by atoms with Crippen LogP contribution in [-0.2, 0) is 20.7 Å². The molecule has 2 aromatic carbocycles. The highest BCUT2D eigenvalue weighted by molar-refractivity contribution is 7.13. The van der Waals surface area contributed by atoms with Crippen LogP contribution in [0.1, 0.15) is 48.2 Å². The van der Waals surface area contributed by atoms with Gasteiger partial charge in [-0.05, 0) is 67.0 Å². The molecule has 218 valence electrons. The first kappa shape index (κ1) is 29.3.